The number of hydrogen-bond acceptors (Lipinski definition) is 5. The summed E-state index contributed by atoms with van der Waals surface area (Å²) in [5, 5.41) is 1.93. The highest BCUT2D eigenvalue weighted by molar-refractivity contribution is 7.13. The number of alkyl halides is 3. The van der Waals surface area contributed by atoms with Crippen LogP contribution in [0.1, 0.15) is 5.69 Å². The maximum atomic E-state index is 12.2. The normalized spacial score (nSPS) is 11.7. The van der Waals surface area contributed by atoms with Gasteiger partial charge in [-0.2, -0.15) is 13.2 Å². The van der Waals surface area contributed by atoms with Crippen molar-refractivity contribution in [1.82, 2.24) is 15.0 Å². The van der Waals surface area contributed by atoms with Gasteiger partial charge in [-0.25, -0.2) is 9.97 Å². The summed E-state index contributed by atoms with van der Waals surface area (Å²) in [6, 6.07) is 0. The van der Waals surface area contributed by atoms with Gasteiger partial charge in [-0.1, -0.05) is 0 Å². The van der Waals surface area contributed by atoms with Crippen LogP contribution in [0, 0.1) is 0 Å². The van der Waals surface area contributed by atoms with Crippen molar-refractivity contribution in [3.8, 4) is 11.4 Å². The van der Waals surface area contributed by atoms with E-state index < -0.39 is 11.9 Å². The average Bonchev–Trinajstić information content (AvgIpc) is 2.64. The topological polar surface area (TPSA) is 64.7 Å². The van der Waals surface area contributed by atoms with Crippen molar-refractivity contribution in [2.75, 3.05) is 5.73 Å². The van der Waals surface area contributed by atoms with E-state index in [4.69, 9.17) is 5.73 Å². The molecular weight excluding hydrogens is 241 g/mol. The number of halogens is 3. The zero-order valence-electron chi connectivity index (χ0n) is 7.69. The standard InChI is InChI=1S/C8H5F3N4S/c9-8(10,11)6-2-13-4(1-14-6)5-3-16-7(12)15-5/h1-3H,(H2,12,15). The van der Waals surface area contributed by atoms with Gasteiger partial charge in [0.2, 0.25) is 0 Å². The molecule has 2 heterocycles. The second-order valence-corrected chi connectivity index (χ2v) is 3.75. The molecular formula is C8H5F3N4S. The number of thiazole rings is 1. The van der Waals surface area contributed by atoms with Gasteiger partial charge in [0.05, 0.1) is 12.4 Å². The number of nitrogens with zero attached hydrogens (tertiary/aromatic N) is 3. The predicted octanol–water partition coefficient (Wildman–Crippen LogP) is 2.20. The predicted molar refractivity (Wildman–Crippen MR) is 52.6 cm³/mol. The molecule has 0 atom stereocenters. The number of nitrogen functional groups attached to an aromatic ring is 1. The third-order valence-electron chi connectivity index (χ3n) is 1.73. The number of hydrogen-bond donors (Lipinski definition) is 1. The highest BCUT2D eigenvalue weighted by atomic mass is 32.1. The van der Waals surface area contributed by atoms with Crippen LogP contribution in [0.25, 0.3) is 11.4 Å². The molecule has 0 radical (unpaired) electrons. The SMILES string of the molecule is Nc1nc(-c2cnc(C(F)(F)F)cn2)cs1. The molecule has 2 N–H and O–H groups in total. The molecule has 0 bridgehead atoms. The van der Waals surface area contributed by atoms with E-state index in [0.29, 0.717) is 17.0 Å². The highest BCUT2D eigenvalue weighted by Crippen LogP contribution is 2.28. The molecule has 8 heteroatoms. The van der Waals surface area contributed by atoms with Crippen LogP contribution < -0.4 is 5.73 Å². The maximum absolute atomic E-state index is 12.2. The Kier molecular flexibility index (Phi) is 2.50. The van der Waals surface area contributed by atoms with E-state index in [-0.39, 0.29) is 5.69 Å². The number of nitrogens with two attached hydrogens (primary N) is 1. The molecule has 0 saturated carbocycles. The van der Waals surface area contributed by atoms with Gasteiger partial charge in [0.1, 0.15) is 11.4 Å². The minimum Gasteiger partial charge on any atom is -0.375 e. The van der Waals surface area contributed by atoms with Crippen molar-refractivity contribution < 1.29 is 13.2 Å². The Bertz CT molecular complexity index is 491. The molecule has 84 valence electrons. The van der Waals surface area contributed by atoms with Crippen LogP contribution >= 0.6 is 11.3 Å². The van der Waals surface area contributed by atoms with Crippen molar-refractivity contribution in [3.63, 3.8) is 0 Å². The first-order valence-corrected chi connectivity index (χ1v) is 4.95. The quantitative estimate of drug-likeness (QED) is 0.837. The first kappa shape index (κ1) is 10.8. The molecule has 0 aliphatic heterocycles. The Balaban J connectivity index is 2.33. The smallest absolute Gasteiger partial charge is 0.375 e. The van der Waals surface area contributed by atoms with Crippen molar-refractivity contribution in [1.29, 1.82) is 0 Å². The first-order valence-electron chi connectivity index (χ1n) is 4.07. The van der Waals surface area contributed by atoms with Crippen LogP contribution in [0.3, 0.4) is 0 Å². The lowest BCUT2D eigenvalue weighted by molar-refractivity contribution is -0.141. The van der Waals surface area contributed by atoms with Crippen LogP contribution in [0.2, 0.25) is 0 Å². The van der Waals surface area contributed by atoms with E-state index in [1.54, 1.807) is 5.38 Å². The Labute approximate surface area is 92.0 Å². The Morgan fingerprint density at radius 3 is 2.31 bits per heavy atom. The lowest BCUT2D eigenvalue weighted by atomic mass is 10.3. The van der Waals surface area contributed by atoms with Crippen LogP contribution in [0.5, 0.6) is 0 Å². The zero-order chi connectivity index (χ0) is 11.8. The summed E-state index contributed by atoms with van der Waals surface area (Å²) >= 11 is 1.19. The van der Waals surface area contributed by atoms with Crippen molar-refractivity contribution in [2.45, 2.75) is 6.18 Å². The molecule has 0 amide bonds. The van der Waals surface area contributed by atoms with Gasteiger partial charge in [0, 0.05) is 5.38 Å². The molecule has 0 aromatic carbocycles. The zero-order valence-corrected chi connectivity index (χ0v) is 8.51. The molecule has 0 aliphatic carbocycles. The number of rotatable bonds is 1. The lowest BCUT2D eigenvalue weighted by Crippen LogP contribution is -2.08. The summed E-state index contributed by atoms with van der Waals surface area (Å²) in [6.07, 6.45) is -2.78. The molecule has 0 fully saturated rings. The monoisotopic (exact) mass is 246 g/mol. The third-order valence-corrected chi connectivity index (χ3v) is 2.40. The van der Waals surface area contributed by atoms with Gasteiger partial charge in [-0.05, 0) is 0 Å². The van der Waals surface area contributed by atoms with Crippen LogP contribution in [0.15, 0.2) is 17.8 Å². The fraction of sp³-hybridized carbons (Fsp3) is 0.125. The number of anilines is 1. The average molecular weight is 246 g/mol. The van der Waals surface area contributed by atoms with E-state index in [1.165, 1.54) is 11.3 Å². The van der Waals surface area contributed by atoms with E-state index in [2.05, 4.69) is 15.0 Å². The van der Waals surface area contributed by atoms with Gasteiger partial charge in [-0.15, -0.1) is 11.3 Å². The summed E-state index contributed by atoms with van der Waals surface area (Å²) in [6.45, 7) is 0. The molecule has 0 spiro atoms. The summed E-state index contributed by atoms with van der Waals surface area (Å²) in [5.41, 5.74) is 5.05. The molecule has 16 heavy (non-hydrogen) atoms. The minimum atomic E-state index is -4.48. The van der Waals surface area contributed by atoms with E-state index in [1.807, 2.05) is 0 Å². The Morgan fingerprint density at radius 2 is 1.88 bits per heavy atom. The van der Waals surface area contributed by atoms with Gasteiger partial charge in [-0.3, -0.25) is 4.98 Å². The highest BCUT2D eigenvalue weighted by Gasteiger charge is 2.32. The number of aromatic nitrogens is 3. The summed E-state index contributed by atoms with van der Waals surface area (Å²) in [4.78, 5) is 10.8. The molecule has 0 unspecified atom stereocenters. The first-order chi connectivity index (χ1) is 7.47. The summed E-state index contributed by atoms with van der Waals surface area (Å²) in [7, 11) is 0. The van der Waals surface area contributed by atoms with Crippen molar-refractivity contribution in [3.05, 3.63) is 23.5 Å². The molecule has 0 saturated heterocycles. The summed E-state index contributed by atoms with van der Waals surface area (Å²) < 4.78 is 36.6. The molecule has 4 nitrogen and oxygen atoms in total. The Hall–Kier alpha value is -1.70. The molecule has 0 aliphatic rings. The fourth-order valence-corrected chi connectivity index (χ4v) is 1.57. The largest absolute Gasteiger partial charge is 0.434 e. The lowest BCUT2D eigenvalue weighted by Gasteiger charge is -2.04. The van der Waals surface area contributed by atoms with Crippen LogP contribution in [0.4, 0.5) is 18.3 Å². The van der Waals surface area contributed by atoms with E-state index >= 15 is 0 Å². The van der Waals surface area contributed by atoms with Gasteiger partial charge >= 0.3 is 6.18 Å². The Morgan fingerprint density at radius 1 is 1.12 bits per heavy atom. The molecule has 2 aromatic rings. The van der Waals surface area contributed by atoms with Crippen molar-refractivity contribution >= 4 is 16.5 Å². The molecule has 2 rings (SSSR count). The second kappa shape index (κ2) is 3.71. The van der Waals surface area contributed by atoms with Gasteiger partial charge in [0.15, 0.2) is 10.8 Å². The van der Waals surface area contributed by atoms with Gasteiger partial charge in [0.25, 0.3) is 0 Å². The van der Waals surface area contributed by atoms with Crippen LogP contribution in [-0.4, -0.2) is 15.0 Å². The van der Waals surface area contributed by atoms with Gasteiger partial charge < -0.3 is 5.73 Å². The fourth-order valence-electron chi connectivity index (χ4n) is 1.01. The van der Waals surface area contributed by atoms with E-state index in [0.717, 1.165) is 6.20 Å². The second-order valence-electron chi connectivity index (χ2n) is 2.86. The molecule has 2 aromatic heterocycles. The van der Waals surface area contributed by atoms with Crippen LogP contribution in [-0.2, 0) is 6.18 Å². The maximum Gasteiger partial charge on any atom is 0.434 e. The summed E-state index contributed by atoms with van der Waals surface area (Å²) in [5.74, 6) is 0. The third kappa shape index (κ3) is 2.11. The van der Waals surface area contributed by atoms with Crippen molar-refractivity contribution in [2.24, 2.45) is 0 Å². The van der Waals surface area contributed by atoms with E-state index in [9.17, 15) is 13.2 Å². The minimum absolute atomic E-state index is 0.265.